The Bertz CT molecular complexity index is 1800. The van der Waals surface area contributed by atoms with E-state index in [9.17, 15) is 9.18 Å². The molecule has 0 aliphatic rings. The van der Waals surface area contributed by atoms with Crippen molar-refractivity contribution in [1.82, 2.24) is 30.1 Å². The number of anilines is 1. The zero-order valence-corrected chi connectivity index (χ0v) is 20.8. The molecule has 6 aromatic rings. The Balaban J connectivity index is 1.41. The summed E-state index contributed by atoms with van der Waals surface area (Å²) in [4.78, 5) is 28.7. The molecule has 9 heteroatoms. The molecule has 1 aromatic carbocycles. The minimum absolute atomic E-state index is 0.0441. The zero-order valence-electron chi connectivity index (χ0n) is 20.8. The molecule has 3 N–H and O–H groups in total. The van der Waals surface area contributed by atoms with Crippen molar-refractivity contribution in [3.8, 4) is 33.6 Å². The predicted octanol–water partition coefficient (Wildman–Crippen LogP) is 6.42. The van der Waals surface area contributed by atoms with Crippen molar-refractivity contribution in [2.45, 2.75) is 26.7 Å². The molecule has 38 heavy (non-hydrogen) atoms. The topological polar surface area (TPSA) is 112 Å². The van der Waals surface area contributed by atoms with Crippen LogP contribution in [0.2, 0.25) is 0 Å². The van der Waals surface area contributed by atoms with Crippen LogP contribution in [0, 0.1) is 12.7 Å². The fourth-order valence-corrected chi connectivity index (χ4v) is 4.68. The summed E-state index contributed by atoms with van der Waals surface area (Å²) < 4.78 is 14.1. The monoisotopic (exact) mass is 505 g/mol. The molecule has 0 saturated carbocycles. The van der Waals surface area contributed by atoms with E-state index in [1.54, 1.807) is 24.8 Å². The Morgan fingerprint density at radius 1 is 0.974 bits per heavy atom. The van der Waals surface area contributed by atoms with Crippen LogP contribution in [0.3, 0.4) is 0 Å². The van der Waals surface area contributed by atoms with Crippen molar-refractivity contribution >= 4 is 33.7 Å². The first-order chi connectivity index (χ1) is 18.5. The first-order valence-electron chi connectivity index (χ1n) is 12.3. The molecule has 188 valence electrons. The molecular weight excluding hydrogens is 481 g/mol. The predicted molar refractivity (Wildman–Crippen MR) is 146 cm³/mol. The van der Waals surface area contributed by atoms with E-state index >= 15 is 0 Å². The molecule has 0 radical (unpaired) electrons. The summed E-state index contributed by atoms with van der Waals surface area (Å²) in [5.74, 6) is -0.320. The number of halogens is 1. The second-order valence-electron chi connectivity index (χ2n) is 9.28. The summed E-state index contributed by atoms with van der Waals surface area (Å²) in [6, 6.07) is 12.7. The van der Waals surface area contributed by atoms with Crippen LogP contribution in [0.15, 0.2) is 67.3 Å². The van der Waals surface area contributed by atoms with E-state index in [1.807, 2.05) is 44.2 Å². The number of carbonyl (C=O) groups excluding carboxylic acids is 1. The molecule has 5 aromatic heterocycles. The van der Waals surface area contributed by atoms with Gasteiger partial charge in [-0.05, 0) is 66.4 Å². The second kappa shape index (κ2) is 9.51. The molecule has 0 aliphatic heterocycles. The summed E-state index contributed by atoms with van der Waals surface area (Å²) in [6.07, 6.45) is 8.03. The number of pyridine rings is 3. The summed E-state index contributed by atoms with van der Waals surface area (Å²) >= 11 is 0. The highest BCUT2D eigenvalue weighted by Crippen LogP contribution is 2.34. The van der Waals surface area contributed by atoms with Crippen molar-refractivity contribution in [3.05, 3.63) is 78.6 Å². The first-order valence-corrected chi connectivity index (χ1v) is 12.3. The van der Waals surface area contributed by atoms with Crippen molar-refractivity contribution in [2.75, 3.05) is 5.32 Å². The summed E-state index contributed by atoms with van der Waals surface area (Å²) in [7, 11) is 0. The number of rotatable bonds is 6. The molecular formula is C29H24FN7O. The number of aromatic amines is 2. The number of benzene rings is 1. The summed E-state index contributed by atoms with van der Waals surface area (Å²) in [6.45, 7) is 3.84. The standard InChI is InChI=1S/C29H24FN7O/c1-3-4-26(38)34-21-10-18(13-31-15-21)19-11-24-27(36-37-29(24)33-14-19)25-12-23-22(5-6-32-28(23)35-25)17-7-16(2)8-20(30)9-17/h5-15H,3-4H2,1-2H3,(H,32,35)(H,34,38)(H,33,36,37). The maximum absolute atomic E-state index is 14.1. The number of fused-ring (bicyclic) bond motifs is 2. The van der Waals surface area contributed by atoms with Crippen LogP contribution >= 0.6 is 0 Å². The van der Waals surface area contributed by atoms with Crippen LogP contribution in [0.1, 0.15) is 25.3 Å². The third-order valence-corrected chi connectivity index (χ3v) is 6.40. The molecule has 0 unspecified atom stereocenters. The van der Waals surface area contributed by atoms with Gasteiger partial charge in [-0.15, -0.1) is 0 Å². The average molecular weight is 506 g/mol. The van der Waals surface area contributed by atoms with Crippen molar-refractivity contribution in [3.63, 3.8) is 0 Å². The van der Waals surface area contributed by atoms with E-state index in [4.69, 9.17) is 0 Å². The fraction of sp³-hybridized carbons (Fsp3) is 0.138. The Labute approximate surface area is 217 Å². The minimum atomic E-state index is -0.276. The van der Waals surface area contributed by atoms with Gasteiger partial charge in [0.05, 0.1) is 23.3 Å². The number of carbonyl (C=O) groups is 1. The molecule has 0 spiro atoms. The van der Waals surface area contributed by atoms with Crippen molar-refractivity contribution < 1.29 is 9.18 Å². The number of aromatic nitrogens is 6. The maximum atomic E-state index is 14.1. The lowest BCUT2D eigenvalue weighted by atomic mass is 10.0. The largest absolute Gasteiger partial charge is 0.338 e. The van der Waals surface area contributed by atoms with E-state index < -0.39 is 0 Å². The van der Waals surface area contributed by atoms with Gasteiger partial charge in [-0.2, -0.15) is 5.10 Å². The molecule has 0 atom stereocenters. The molecule has 0 bridgehead atoms. The lowest BCUT2D eigenvalue weighted by Crippen LogP contribution is -2.10. The van der Waals surface area contributed by atoms with Gasteiger partial charge >= 0.3 is 0 Å². The third kappa shape index (κ3) is 4.39. The van der Waals surface area contributed by atoms with Crippen LogP contribution in [-0.4, -0.2) is 36.0 Å². The number of aryl methyl sites for hydroxylation is 1. The van der Waals surface area contributed by atoms with Gasteiger partial charge in [0.15, 0.2) is 5.65 Å². The number of H-pyrrole nitrogens is 2. The van der Waals surface area contributed by atoms with Crippen LogP contribution in [0.4, 0.5) is 10.1 Å². The van der Waals surface area contributed by atoms with E-state index in [0.717, 1.165) is 56.4 Å². The number of hydrogen-bond acceptors (Lipinski definition) is 5. The Kier molecular flexibility index (Phi) is 5.88. The van der Waals surface area contributed by atoms with Crippen LogP contribution in [-0.2, 0) is 4.79 Å². The Morgan fingerprint density at radius 2 is 1.84 bits per heavy atom. The van der Waals surface area contributed by atoms with Crippen LogP contribution < -0.4 is 5.32 Å². The minimum Gasteiger partial charge on any atom is -0.338 e. The van der Waals surface area contributed by atoms with Crippen molar-refractivity contribution in [1.29, 1.82) is 0 Å². The van der Waals surface area contributed by atoms with Gasteiger partial charge in [0.25, 0.3) is 0 Å². The summed E-state index contributed by atoms with van der Waals surface area (Å²) in [5, 5.41) is 12.1. The SMILES string of the molecule is CCCC(=O)Nc1cncc(-c2cnc3n[nH]c(-c4cc5c(-c6cc(C)cc(F)c6)ccnc5[nH]4)c3c2)c1. The van der Waals surface area contributed by atoms with Crippen LogP contribution in [0.5, 0.6) is 0 Å². The Morgan fingerprint density at radius 3 is 2.68 bits per heavy atom. The molecule has 8 nitrogen and oxygen atoms in total. The van der Waals surface area contributed by atoms with Gasteiger partial charge < -0.3 is 10.3 Å². The van der Waals surface area contributed by atoms with Gasteiger partial charge in [0.1, 0.15) is 11.5 Å². The van der Waals surface area contributed by atoms with E-state index in [1.165, 1.54) is 12.1 Å². The van der Waals surface area contributed by atoms with E-state index in [0.29, 0.717) is 23.4 Å². The van der Waals surface area contributed by atoms with Gasteiger partial charge in [-0.25, -0.2) is 14.4 Å². The summed E-state index contributed by atoms with van der Waals surface area (Å²) in [5.41, 5.74) is 7.61. The molecule has 0 saturated heterocycles. The maximum Gasteiger partial charge on any atom is 0.224 e. The normalized spacial score (nSPS) is 11.3. The number of nitrogens with one attached hydrogen (secondary N) is 3. The highest BCUT2D eigenvalue weighted by atomic mass is 19.1. The molecule has 1 amide bonds. The smallest absolute Gasteiger partial charge is 0.224 e. The third-order valence-electron chi connectivity index (χ3n) is 6.40. The number of nitrogens with zero attached hydrogens (tertiary/aromatic N) is 4. The number of amides is 1. The quantitative estimate of drug-likeness (QED) is 0.242. The van der Waals surface area contributed by atoms with Crippen LogP contribution in [0.25, 0.3) is 55.7 Å². The zero-order chi connectivity index (χ0) is 26.2. The lowest BCUT2D eigenvalue weighted by molar-refractivity contribution is -0.116. The second-order valence-corrected chi connectivity index (χ2v) is 9.28. The highest BCUT2D eigenvalue weighted by molar-refractivity contribution is 6.00. The first kappa shape index (κ1) is 23.5. The van der Waals surface area contributed by atoms with Gasteiger partial charge in [0.2, 0.25) is 5.91 Å². The highest BCUT2D eigenvalue weighted by Gasteiger charge is 2.16. The Hall–Kier alpha value is -4.92. The molecule has 0 aliphatic carbocycles. The molecule has 5 heterocycles. The molecule has 0 fully saturated rings. The van der Waals surface area contributed by atoms with Gasteiger partial charge in [-0.3, -0.25) is 14.9 Å². The average Bonchev–Trinajstić information content (AvgIpc) is 3.52. The van der Waals surface area contributed by atoms with Gasteiger partial charge in [-0.1, -0.05) is 13.0 Å². The van der Waals surface area contributed by atoms with E-state index in [2.05, 4.69) is 35.5 Å². The van der Waals surface area contributed by atoms with Crippen molar-refractivity contribution in [2.24, 2.45) is 0 Å². The molecule has 6 rings (SSSR count). The fourth-order valence-electron chi connectivity index (χ4n) is 4.68. The van der Waals surface area contributed by atoms with Gasteiger partial charge in [0, 0.05) is 46.9 Å². The van der Waals surface area contributed by atoms with E-state index in [-0.39, 0.29) is 11.7 Å². The number of hydrogen-bond donors (Lipinski definition) is 3. The lowest BCUT2D eigenvalue weighted by Gasteiger charge is -2.07.